The molecule has 3 heterocycles. The van der Waals surface area contributed by atoms with Crippen LogP contribution >= 0.6 is 11.3 Å². The third-order valence-corrected chi connectivity index (χ3v) is 5.74. The van der Waals surface area contributed by atoms with Gasteiger partial charge < -0.3 is 9.88 Å². The van der Waals surface area contributed by atoms with Crippen molar-refractivity contribution in [1.29, 1.82) is 0 Å². The Morgan fingerprint density at radius 2 is 2.19 bits per heavy atom. The lowest BCUT2D eigenvalue weighted by atomic mass is 9.99. The smallest absolute Gasteiger partial charge is 0.0466 e. The largest absolute Gasteiger partial charge is 0.358 e. The maximum Gasteiger partial charge on any atom is 0.0466 e. The number of aromatic nitrogens is 1. The number of aromatic amines is 1. The number of thiophene rings is 1. The van der Waals surface area contributed by atoms with E-state index in [4.69, 9.17) is 0 Å². The summed E-state index contributed by atoms with van der Waals surface area (Å²) in [5.41, 5.74) is 5.89. The van der Waals surface area contributed by atoms with Crippen molar-refractivity contribution >= 4 is 32.3 Å². The fraction of sp³-hybridized carbons (Fsp3) is 0.444. The Balaban J connectivity index is 1.98. The number of benzene rings is 1. The van der Waals surface area contributed by atoms with Crippen LogP contribution in [-0.4, -0.2) is 23.5 Å². The molecule has 4 rings (SSSR count). The van der Waals surface area contributed by atoms with Crippen molar-refractivity contribution < 1.29 is 0 Å². The van der Waals surface area contributed by atoms with Crippen LogP contribution in [0.3, 0.4) is 0 Å². The van der Waals surface area contributed by atoms with Gasteiger partial charge in [-0.15, -0.1) is 11.3 Å². The minimum atomic E-state index is 1.08. The molecule has 2 nitrogen and oxygen atoms in total. The molecule has 110 valence electrons. The number of aryl methyl sites for hydroxylation is 1. The van der Waals surface area contributed by atoms with E-state index in [2.05, 4.69) is 41.4 Å². The van der Waals surface area contributed by atoms with Crippen molar-refractivity contribution in [2.45, 2.75) is 39.2 Å². The second-order valence-electron chi connectivity index (χ2n) is 6.30. The molecule has 1 aromatic carbocycles. The minimum absolute atomic E-state index is 1.08. The molecule has 0 saturated carbocycles. The number of H-pyrrole nitrogens is 1. The molecule has 1 aliphatic heterocycles. The van der Waals surface area contributed by atoms with E-state index in [1.54, 1.807) is 11.1 Å². The van der Waals surface area contributed by atoms with Gasteiger partial charge in [0.25, 0.3) is 0 Å². The Labute approximate surface area is 129 Å². The van der Waals surface area contributed by atoms with Crippen LogP contribution in [0.1, 0.15) is 36.6 Å². The van der Waals surface area contributed by atoms with Crippen LogP contribution in [0.5, 0.6) is 0 Å². The minimum Gasteiger partial charge on any atom is -0.358 e. The number of unbranched alkanes of at least 4 members (excludes halogenated alkanes) is 1. The van der Waals surface area contributed by atoms with Gasteiger partial charge in [0.15, 0.2) is 0 Å². The van der Waals surface area contributed by atoms with E-state index >= 15 is 0 Å². The van der Waals surface area contributed by atoms with Crippen molar-refractivity contribution in [1.82, 2.24) is 9.88 Å². The highest BCUT2D eigenvalue weighted by atomic mass is 32.1. The predicted octanol–water partition coefficient (Wildman–Crippen LogP) is 4.71. The molecule has 0 fully saturated rings. The molecule has 21 heavy (non-hydrogen) atoms. The molecule has 0 saturated heterocycles. The highest BCUT2D eigenvalue weighted by Crippen LogP contribution is 2.38. The van der Waals surface area contributed by atoms with Gasteiger partial charge in [-0.1, -0.05) is 13.3 Å². The zero-order valence-corrected chi connectivity index (χ0v) is 13.6. The second kappa shape index (κ2) is 5.15. The topological polar surface area (TPSA) is 19.0 Å². The van der Waals surface area contributed by atoms with Crippen molar-refractivity contribution in [2.75, 3.05) is 13.6 Å². The van der Waals surface area contributed by atoms with Gasteiger partial charge in [0.1, 0.15) is 0 Å². The van der Waals surface area contributed by atoms with E-state index in [9.17, 15) is 0 Å². The predicted molar refractivity (Wildman–Crippen MR) is 92.3 cm³/mol. The fourth-order valence-corrected chi connectivity index (χ4v) is 4.59. The standard InChI is InChI=1S/C18H22N2S/c1-3-4-5-12-11-21-16-7-6-15-18(17(12)16)13-10-20(2)9-8-14(13)19-15/h6-7,11,19H,3-5,8-10H2,1-2H3. The SMILES string of the molecule is CCCCc1csc2ccc3[nH]c4c(c3c12)CN(C)CC4. The maximum absolute atomic E-state index is 3.68. The van der Waals surface area contributed by atoms with Gasteiger partial charge in [-0.3, -0.25) is 0 Å². The van der Waals surface area contributed by atoms with Gasteiger partial charge in [0, 0.05) is 46.2 Å². The number of nitrogens with one attached hydrogen (secondary N) is 1. The van der Waals surface area contributed by atoms with E-state index in [1.165, 1.54) is 45.9 Å². The van der Waals surface area contributed by atoms with Crippen molar-refractivity contribution in [2.24, 2.45) is 0 Å². The molecule has 0 bridgehead atoms. The second-order valence-corrected chi connectivity index (χ2v) is 7.21. The summed E-state index contributed by atoms with van der Waals surface area (Å²) < 4.78 is 1.45. The Bertz CT molecular complexity index is 796. The molecule has 0 spiro atoms. The van der Waals surface area contributed by atoms with E-state index in [1.807, 2.05) is 11.3 Å². The first-order valence-corrected chi connectivity index (χ1v) is 8.87. The Kier molecular flexibility index (Phi) is 3.27. The summed E-state index contributed by atoms with van der Waals surface area (Å²) in [5, 5.41) is 5.41. The van der Waals surface area contributed by atoms with Crippen LogP contribution < -0.4 is 0 Å². The van der Waals surface area contributed by atoms with Crippen molar-refractivity contribution in [3.05, 3.63) is 34.3 Å². The average Bonchev–Trinajstić information content (AvgIpc) is 3.05. The van der Waals surface area contributed by atoms with Gasteiger partial charge in [-0.25, -0.2) is 0 Å². The van der Waals surface area contributed by atoms with Crippen molar-refractivity contribution in [3.8, 4) is 0 Å². The summed E-state index contributed by atoms with van der Waals surface area (Å²) in [6.45, 7) is 4.52. The number of hydrogen-bond acceptors (Lipinski definition) is 2. The Morgan fingerprint density at radius 1 is 1.29 bits per heavy atom. The van der Waals surface area contributed by atoms with Crippen LogP contribution in [0.4, 0.5) is 0 Å². The monoisotopic (exact) mass is 298 g/mol. The molecule has 0 amide bonds. The molecule has 0 radical (unpaired) electrons. The lowest BCUT2D eigenvalue weighted by Crippen LogP contribution is -2.26. The molecule has 3 aromatic rings. The molecule has 2 aromatic heterocycles. The van der Waals surface area contributed by atoms with Gasteiger partial charge >= 0.3 is 0 Å². The summed E-state index contributed by atoms with van der Waals surface area (Å²) in [5.74, 6) is 0. The lowest BCUT2D eigenvalue weighted by molar-refractivity contribution is 0.313. The average molecular weight is 298 g/mol. The Morgan fingerprint density at radius 3 is 3.05 bits per heavy atom. The first-order chi connectivity index (χ1) is 10.3. The molecule has 0 unspecified atom stereocenters. The number of nitrogens with zero attached hydrogens (tertiary/aromatic N) is 1. The zero-order valence-electron chi connectivity index (χ0n) is 12.8. The van der Waals surface area contributed by atoms with E-state index in [0.717, 1.165) is 19.5 Å². The first-order valence-electron chi connectivity index (χ1n) is 7.99. The van der Waals surface area contributed by atoms with Crippen LogP contribution in [-0.2, 0) is 19.4 Å². The number of rotatable bonds is 3. The molecular formula is C18H22N2S. The van der Waals surface area contributed by atoms with Crippen LogP contribution in [0.15, 0.2) is 17.5 Å². The van der Waals surface area contributed by atoms with Crippen LogP contribution in [0.2, 0.25) is 0 Å². The summed E-state index contributed by atoms with van der Waals surface area (Å²) in [4.78, 5) is 6.12. The summed E-state index contributed by atoms with van der Waals surface area (Å²) in [6.07, 6.45) is 4.91. The van der Waals surface area contributed by atoms with Crippen molar-refractivity contribution in [3.63, 3.8) is 0 Å². The normalized spacial score (nSPS) is 15.9. The van der Waals surface area contributed by atoms with E-state index in [0.29, 0.717) is 0 Å². The summed E-state index contributed by atoms with van der Waals surface area (Å²) in [7, 11) is 2.23. The molecule has 1 aliphatic rings. The molecule has 0 aliphatic carbocycles. The third-order valence-electron chi connectivity index (χ3n) is 4.74. The third kappa shape index (κ3) is 2.11. The highest BCUT2D eigenvalue weighted by molar-refractivity contribution is 7.17. The van der Waals surface area contributed by atoms with E-state index < -0.39 is 0 Å². The maximum atomic E-state index is 3.68. The lowest BCUT2D eigenvalue weighted by Gasteiger charge is -2.22. The fourth-order valence-electron chi connectivity index (χ4n) is 3.59. The number of hydrogen-bond donors (Lipinski definition) is 1. The van der Waals surface area contributed by atoms with Gasteiger partial charge in [0.2, 0.25) is 0 Å². The van der Waals surface area contributed by atoms with E-state index in [-0.39, 0.29) is 0 Å². The van der Waals surface area contributed by atoms with Crippen LogP contribution in [0.25, 0.3) is 21.0 Å². The molecule has 0 atom stereocenters. The number of fused-ring (bicyclic) bond motifs is 5. The molecular weight excluding hydrogens is 276 g/mol. The summed E-state index contributed by atoms with van der Waals surface area (Å²) in [6, 6.07) is 4.57. The molecule has 1 N–H and O–H groups in total. The number of likely N-dealkylation sites (N-methyl/N-ethyl adjacent to an activating group) is 1. The highest BCUT2D eigenvalue weighted by Gasteiger charge is 2.21. The van der Waals surface area contributed by atoms with Gasteiger partial charge in [-0.05, 0) is 48.5 Å². The van der Waals surface area contributed by atoms with Crippen LogP contribution in [0, 0.1) is 0 Å². The van der Waals surface area contributed by atoms with Gasteiger partial charge in [0.05, 0.1) is 0 Å². The Hall–Kier alpha value is -1.32. The first kappa shape index (κ1) is 13.4. The summed E-state index contributed by atoms with van der Waals surface area (Å²) >= 11 is 1.91. The quantitative estimate of drug-likeness (QED) is 0.741. The van der Waals surface area contributed by atoms with Gasteiger partial charge in [-0.2, -0.15) is 0 Å². The molecule has 3 heteroatoms. The zero-order chi connectivity index (χ0) is 14.4.